The topological polar surface area (TPSA) is 8.17 Å². The van der Waals surface area contributed by atoms with E-state index in [1.165, 1.54) is 60.4 Å². The van der Waals surface area contributed by atoms with Crippen LogP contribution in [0.15, 0.2) is 218 Å². The first kappa shape index (κ1) is 31.6. The van der Waals surface area contributed by atoms with Crippen LogP contribution in [-0.4, -0.2) is 4.57 Å². The van der Waals surface area contributed by atoms with Crippen LogP contribution in [0.5, 0.6) is 0 Å². The highest BCUT2D eigenvalue weighted by Crippen LogP contribution is 2.45. The van der Waals surface area contributed by atoms with Crippen LogP contribution >= 0.6 is 0 Å². The summed E-state index contributed by atoms with van der Waals surface area (Å²) in [5.74, 6) is 0. The number of benzene rings is 9. The molecule has 254 valence electrons. The summed E-state index contributed by atoms with van der Waals surface area (Å²) < 4.78 is 2.40. The van der Waals surface area contributed by atoms with E-state index in [0.717, 1.165) is 28.3 Å². The van der Waals surface area contributed by atoms with Gasteiger partial charge < -0.3 is 9.47 Å². The molecule has 0 aliphatic rings. The lowest BCUT2D eigenvalue weighted by Crippen LogP contribution is -2.12. The van der Waals surface area contributed by atoms with Crippen LogP contribution in [0.4, 0.5) is 17.1 Å². The molecular formula is C52H36N2. The minimum atomic E-state index is 1.08. The van der Waals surface area contributed by atoms with Crippen molar-refractivity contribution in [1.82, 2.24) is 4.57 Å². The molecule has 0 amide bonds. The lowest BCUT2D eigenvalue weighted by Gasteiger charge is -2.29. The van der Waals surface area contributed by atoms with Crippen LogP contribution < -0.4 is 4.90 Å². The van der Waals surface area contributed by atoms with Crippen molar-refractivity contribution in [1.29, 1.82) is 0 Å². The third kappa shape index (κ3) is 5.53. The van der Waals surface area contributed by atoms with Gasteiger partial charge in [0.1, 0.15) is 0 Å². The van der Waals surface area contributed by atoms with Crippen LogP contribution in [0.25, 0.3) is 71.6 Å². The Hall–Kier alpha value is -7.16. The molecule has 9 aromatic carbocycles. The Kier molecular flexibility index (Phi) is 7.85. The Bertz CT molecular complexity index is 2880. The summed E-state index contributed by atoms with van der Waals surface area (Å²) in [7, 11) is 0. The van der Waals surface area contributed by atoms with Gasteiger partial charge in [0.15, 0.2) is 0 Å². The molecule has 0 N–H and O–H groups in total. The van der Waals surface area contributed by atoms with Crippen LogP contribution in [0.3, 0.4) is 0 Å². The van der Waals surface area contributed by atoms with Gasteiger partial charge >= 0.3 is 0 Å². The molecule has 1 heterocycles. The highest BCUT2D eigenvalue weighted by molar-refractivity contribution is 6.09. The van der Waals surface area contributed by atoms with Crippen LogP contribution in [0.1, 0.15) is 0 Å². The number of hydrogen-bond acceptors (Lipinski definition) is 1. The fourth-order valence-electron chi connectivity index (χ4n) is 8.08. The summed E-state index contributed by atoms with van der Waals surface area (Å²) in [5, 5.41) is 4.97. The fraction of sp³-hybridized carbons (Fsp3) is 0. The molecular weight excluding hydrogens is 653 g/mol. The first-order chi connectivity index (χ1) is 26.8. The maximum Gasteiger partial charge on any atom is 0.0546 e. The molecule has 0 radical (unpaired) electrons. The molecule has 2 nitrogen and oxygen atoms in total. The minimum absolute atomic E-state index is 1.08. The predicted molar refractivity (Wildman–Crippen MR) is 229 cm³/mol. The smallest absolute Gasteiger partial charge is 0.0546 e. The van der Waals surface area contributed by atoms with Gasteiger partial charge in [-0.15, -0.1) is 0 Å². The van der Waals surface area contributed by atoms with Crippen LogP contribution in [0.2, 0.25) is 0 Å². The van der Waals surface area contributed by atoms with Gasteiger partial charge in [-0.3, -0.25) is 0 Å². The molecule has 0 aliphatic heterocycles. The molecule has 10 aromatic rings. The van der Waals surface area contributed by atoms with Crippen molar-refractivity contribution in [3.8, 4) is 39.1 Å². The van der Waals surface area contributed by atoms with Crippen molar-refractivity contribution in [2.75, 3.05) is 4.90 Å². The Morgan fingerprint density at radius 1 is 0.315 bits per heavy atom. The normalized spacial score (nSPS) is 11.3. The molecule has 0 atom stereocenters. The molecule has 0 saturated heterocycles. The average molecular weight is 689 g/mol. The quantitative estimate of drug-likeness (QED) is 0.162. The van der Waals surface area contributed by atoms with E-state index in [1.54, 1.807) is 0 Å². The zero-order chi connectivity index (χ0) is 35.8. The standard InChI is InChI=1S/C52H36N2/c1-3-16-37(17-4-1)40-22-13-23-42(34-40)53(43-24-15-25-44(36-43)54-50-30-11-9-27-48(50)49-28-10-12-31-51(49)54)52-35-41(32-33-47(52)39-18-5-2-6-19-39)46-29-14-21-38-20-7-8-26-45(38)46/h1-36H. The number of hydrogen-bond donors (Lipinski definition) is 0. The van der Waals surface area contributed by atoms with Crippen molar-refractivity contribution in [3.63, 3.8) is 0 Å². The monoisotopic (exact) mass is 688 g/mol. The third-order valence-electron chi connectivity index (χ3n) is 10.6. The first-order valence-corrected chi connectivity index (χ1v) is 18.5. The third-order valence-corrected chi connectivity index (χ3v) is 10.6. The van der Waals surface area contributed by atoms with Gasteiger partial charge in [-0.1, -0.05) is 170 Å². The number of anilines is 3. The summed E-state index contributed by atoms with van der Waals surface area (Å²) in [4.78, 5) is 2.45. The summed E-state index contributed by atoms with van der Waals surface area (Å²) in [6.07, 6.45) is 0. The first-order valence-electron chi connectivity index (χ1n) is 18.5. The van der Waals surface area contributed by atoms with E-state index in [0.29, 0.717) is 0 Å². The second-order valence-corrected chi connectivity index (χ2v) is 13.8. The summed E-state index contributed by atoms with van der Waals surface area (Å²) in [6, 6.07) is 79.0. The molecule has 0 bridgehead atoms. The molecule has 54 heavy (non-hydrogen) atoms. The lowest BCUT2D eigenvalue weighted by atomic mass is 9.94. The molecule has 0 unspecified atom stereocenters. The molecule has 0 aliphatic carbocycles. The highest BCUT2D eigenvalue weighted by atomic mass is 15.1. The second-order valence-electron chi connectivity index (χ2n) is 13.8. The molecule has 0 fully saturated rings. The summed E-state index contributed by atoms with van der Waals surface area (Å²) in [5.41, 5.74) is 13.8. The summed E-state index contributed by atoms with van der Waals surface area (Å²) >= 11 is 0. The van der Waals surface area contributed by atoms with Crippen molar-refractivity contribution in [2.24, 2.45) is 0 Å². The molecule has 1 aromatic heterocycles. The zero-order valence-corrected chi connectivity index (χ0v) is 29.7. The van der Waals surface area contributed by atoms with Gasteiger partial charge in [-0.05, 0) is 87.1 Å². The van der Waals surface area contributed by atoms with Gasteiger partial charge in [-0.2, -0.15) is 0 Å². The van der Waals surface area contributed by atoms with E-state index in [2.05, 4.69) is 228 Å². The number of fused-ring (bicyclic) bond motifs is 4. The average Bonchev–Trinajstić information content (AvgIpc) is 3.59. The predicted octanol–water partition coefficient (Wildman–Crippen LogP) is 14.4. The Morgan fingerprint density at radius 2 is 0.870 bits per heavy atom. The Morgan fingerprint density at radius 3 is 1.61 bits per heavy atom. The van der Waals surface area contributed by atoms with Crippen LogP contribution in [0, 0.1) is 0 Å². The van der Waals surface area contributed by atoms with Gasteiger partial charge in [0, 0.05) is 33.4 Å². The van der Waals surface area contributed by atoms with Crippen molar-refractivity contribution in [2.45, 2.75) is 0 Å². The molecule has 0 spiro atoms. The number of rotatable bonds is 7. The van der Waals surface area contributed by atoms with Crippen molar-refractivity contribution >= 4 is 49.6 Å². The molecule has 10 rings (SSSR count). The SMILES string of the molecule is c1ccc(-c2cccc(N(c3cccc(-n4c5ccccc5c5ccccc54)c3)c3cc(-c4cccc5ccccc45)ccc3-c3ccccc3)c2)cc1. The maximum atomic E-state index is 2.45. The van der Waals surface area contributed by atoms with Gasteiger partial charge in [0.05, 0.1) is 16.7 Å². The lowest BCUT2D eigenvalue weighted by molar-refractivity contribution is 1.17. The Balaban J connectivity index is 1.25. The number of aromatic nitrogens is 1. The molecule has 2 heteroatoms. The summed E-state index contributed by atoms with van der Waals surface area (Å²) in [6.45, 7) is 0. The van der Waals surface area contributed by atoms with Crippen molar-refractivity contribution in [3.05, 3.63) is 218 Å². The second kappa shape index (κ2) is 13.4. The van der Waals surface area contributed by atoms with E-state index in [4.69, 9.17) is 0 Å². The number of nitrogens with zero attached hydrogens (tertiary/aromatic N) is 2. The molecule has 0 saturated carbocycles. The zero-order valence-electron chi connectivity index (χ0n) is 29.7. The van der Waals surface area contributed by atoms with E-state index < -0.39 is 0 Å². The maximum absolute atomic E-state index is 2.45. The number of para-hydroxylation sites is 2. The van der Waals surface area contributed by atoms with Crippen LogP contribution in [-0.2, 0) is 0 Å². The van der Waals surface area contributed by atoms with Gasteiger partial charge in [0.25, 0.3) is 0 Å². The Labute approximate surface area is 315 Å². The van der Waals surface area contributed by atoms with E-state index in [1.807, 2.05) is 0 Å². The highest BCUT2D eigenvalue weighted by Gasteiger charge is 2.21. The van der Waals surface area contributed by atoms with Crippen molar-refractivity contribution < 1.29 is 0 Å². The fourth-order valence-corrected chi connectivity index (χ4v) is 8.08. The largest absolute Gasteiger partial charge is 0.310 e. The van der Waals surface area contributed by atoms with E-state index in [9.17, 15) is 0 Å². The minimum Gasteiger partial charge on any atom is -0.310 e. The van der Waals surface area contributed by atoms with E-state index >= 15 is 0 Å². The van der Waals surface area contributed by atoms with Gasteiger partial charge in [0.2, 0.25) is 0 Å². The van der Waals surface area contributed by atoms with E-state index in [-0.39, 0.29) is 0 Å². The van der Waals surface area contributed by atoms with Gasteiger partial charge in [-0.25, -0.2) is 0 Å².